The van der Waals surface area contributed by atoms with Gasteiger partial charge in [0.2, 0.25) is 5.89 Å². The molecule has 118 valence electrons. The molecule has 22 heavy (non-hydrogen) atoms. The zero-order valence-corrected chi connectivity index (χ0v) is 13.5. The van der Waals surface area contributed by atoms with Crippen molar-refractivity contribution < 1.29 is 4.52 Å². The standard InChI is InChI=1S/C15H20ClN5O/c1-11-20-14(22-21-11)8-10-19-15(17-2)18-9-7-12-5-3-4-6-13(12)16/h3-6H,7-10H2,1-2H3,(H2,17,18,19). The monoisotopic (exact) mass is 321 g/mol. The van der Waals surface area contributed by atoms with Crippen LogP contribution in [0.3, 0.4) is 0 Å². The van der Waals surface area contributed by atoms with E-state index < -0.39 is 0 Å². The van der Waals surface area contributed by atoms with E-state index in [1.165, 1.54) is 0 Å². The average Bonchev–Trinajstić information content (AvgIpc) is 2.93. The van der Waals surface area contributed by atoms with Crippen molar-refractivity contribution >= 4 is 17.6 Å². The molecule has 1 heterocycles. The summed E-state index contributed by atoms with van der Waals surface area (Å²) in [5.74, 6) is 2.01. The quantitative estimate of drug-likeness (QED) is 0.628. The molecule has 0 saturated heterocycles. The largest absolute Gasteiger partial charge is 0.356 e. The van der Waals surface area contributed by atoms with Crippen LogP contribution in [0, 0.1) is 6.92 Å². The van der Waals surface area contributed by atoms with Gasteiger partial charge in [0.1, 0.15) is 0 Å². The second kappa shape index (κ2) is 8.38. The van der Waals surface area contributed by atoms with Gasteiger partial charge in [0, 0.05) is 31.6 Å². The normalized spacial score (nSPS) is 11.5. The Bertz CT molecular complexity index is 626. The van der Waals surface area contributed by atoms with Crippen molar-refractivity contribution in [3.63, 3.8) is 0 Å². The number of aliphatic imine (C=N–C) groups is 1. The summed E-state index contributed by atoms with van der Waals surface area (Å²) in [7, 11) is 1.74. The summed E-state index contributed by atoms with van der Waals surface area (Å²) in [6.07, 6.45) is 1.50. The van der Waals surface area contributed by atoms with Crippen LogP contribution in [0.5, 0.6) is 0 Å². The molecule has 0 spiro atoms. The van der Waals surface area contributed by atoms with Crippen LogP contribution in [0.15, 0.2) is 33.8 Å². The highest BCUT2D eigenvalue weighted by molar-refractivity contribution is 6.31. The molecule has 0 unspecified atom stereocenters. The predicted octanol–water partition coefficient (Wildman–Crippen LogP) is 1.98. The number of aryl methyl sites for hydroxylation is 1. The Balaban J connectivity index is 1.70. The number of guanidine groups is 1. The molecular formula is C15H20ClN5O. The molecule has 0 saturated carbocycles. The van der Waals surface area contributed by atoms with Gasteiger partial charge >= 0.3 is 0 Å². The average molecular weight is 322 g/mol. The lowest BCUT2D eigenvalue weighted by atomic mass is 10.1. The number of rotatable bonds is 6. The van der Waals surface area contributed by atoms with Gasteiger partial charge in [0.15, 0.2) is 11.8 Å². The molecule has 2 rings (SSSR count). The summed E-state index contributed by atoms with van der Waals surface area (Å²) >= 11 is 6.13. The van der Waals surface area contributed by atoms with E-state index in [0.29, 0.717) is 24.7 Å². The van der Waals surface area contributed by atoms with Crippen molar-refractivity contribution in [2.75, 3.05) is 20.1 Å². The van der Waals surface area contributed by atoms with Crippen LogP contribution < -0.4 is 10.6 Å². The SMILES string of the molecule is CN=C(NCCc1nc(C)no1)NCCc1ccccc1Cl. The van der Waals surface area contributed by atoms with Gasteiger partial charge in [-0.1, -0.05) is 35.0 Å². The van der Waals surface area contributed by atoms with Gasteiger partial charge in [-0.15, -0.1) is 0 Å². The molecule has 0 aliphatic heterocycles. The van der Waals surface area contributed by atoms with Gasteiger partial charge < -0.3 is 15.2 Å². The molecular weight excluding hydrogens is 302 g/mol. The first kappa shape index (κ1) is 16.3. The van der Waals surface area contributed by atoms with Crippen molar-refractivity contribution in [3.05, 3.63) is 46.6 Å². The fourth-order valence-electron chi connectivity index (χ4n) is 1.97. The molecule has 0 radical (unpaired) electrons. The second-order valence-corrected chi connectivity index (χ2v) is 5.16. The van der Waals surface area contributed by atoms with Gasteiger partial charge in [0.25, 0.3) is 0 Å². The smallest absolute Gasteiger partial charge is 0.228 e. The molecule has 7 heteroatoms. The Labute approximate surface area is 135 Å². The molecule has 0 fully saturated rings. The molecule has 0 aliphatic carbocycles. The molecule has 2 aromatic rings. The van der Waals surface area contributed by atoms with Crippen LogP contribution in [0.25, 0.3) is 0 Å². The highest BCUT2D eigenvalue weighted by atomic mass is 35.5. The minimum atomic E-state index is 0.622. The Morgan fingerprint density at radius 2 is 1.95 bits per heavy atom. The molecule has 1 aromatic heterocycles. The van der Waals surface area contributed by atoms with Gasteiger partial charge in [-0.25, -0.2) is 0 Å². The number of nitrogens with zero attached hydrogens (tertiary/aromatic N) is 3. The minimum Gasteiger partial charge on any atom is -0.356 e. The van der Waals surface area contributed by atoms with Crippen LogP contribution in [0.4, 0.5) is 0 Å². The van der Waals surface area contributed by atoms with Crippen molar-refractivity contribution in [1.82, 2.24) is 20.8 Å². The molecule has 2 N–H and O–H groups in total. The number of nitrogens with one attached hydrogen (secondary N) is 2. The van der Waals surface area contributed by atoms with E-state index in [9.17, 15) is 0 Å². The third-order valence-electron chi connectivity index (χ3n) is 3.07. The third kappa shape index (κ3) is 5.04. The van der Waals surface area contributed by atoms with Crippen molar-refractivity contribution in [2.45, 2.75) is 19.8 Å². The van der Waals surface area contributed by atoms with Gasteiger partial charge in [0.05, 0.1) is 0 Å². The number of aromatic nitrogens is 2. The van der Waals surface area contributed by atoms with E-state index in [1.807, 2.05) is 24.3 Å². The summed E-state index contributed by atoms with van der Waals surface area (Å²) in [5, 5.41) is 11.0. The minimum absolute atomic E-state index is 0.622. The van der Waals surface area contributed by atoms with Gasteiger partial charge in [-0.3, -0.25) is 4.99 Å². The summed E-state index contributed by atoms with van der Waals surface area (Å²) in [6.45, 7) is 3.23. The molecule has 0 atom stereocenters. The van der Waals surface area contributed by atoms with Crippen molar-refractivity contribution in [2.24, 2.45) is 4.99 Å². The van der Waals surface area contributed by atoms with E-state index in [0.717, 1.165) is 29.5 Å². The first-order valence-corrected chi connectivity index (χ1v) is 7.54. The van der Waals surface area contributed by atoms with Gasteiger partial charge in [-0.05, 0) is 25.0 Å². The van der Waals surface area contributed by atoms with Crippen LogP contribution in [0.1, 0.15) is 17.3 Å². The van der Waals surface area contributed by atoms with E-state index in [1.54, 1.807) is 14.0 Å². The Morgan fingerprint density at radius 3 is 2.59 bits per heavy atom. The Hall–Kier alpha value is -2.08. The highest BCUT2D eigenvalue weighted by Crippen LogP contribution is 2.14. The van der Waals surface area contributed by atoms with Crippen molar-refractivity contribution in [1.29, 1.82) is 0 Å². The fraction of sp³-hybridized carbons (Fsp3) is 0.400. The van der Waals surface area contributed by atoms with E-state index in [4.69, 9.17) is 16.1 Å². The van der Waals surface area contributed by atoms with Crippen LogP contribution in [0.2, 0.25) is 5.02 Å². The lowest BCUT2D eigenvalue weighted by Gasteiger charge is -2.11. The maximum absolute atomic E-state index is 6.13. The summed E-state index contributed by atoms with van der Waals surface area (Å²) in [4.78, 5) is 8.33. The maximum Gasteiger partial charge on any atom is 0.228 e. The Kier molecular flexibility index (Phi) is 6.21. The lowest BCUT2D eigenvalue weighted by molar-refractivity contribution is 0.374. The maximum atomic E-state index is 6.13. The van der Waals surface area contributed by atoms with Crippen LogP contribution in [-0.4, -0.2) is 36.2 Å². The number of benzene rings is 1. The van der Waals surface area contributed by atoms with E-state index in [-0.39, 0.29) is 0 Å². The highest BCUT2D eigenvalue weighted by Gasteiger charge is 2.04. The Morgan fingerprint density at radius 1 is 1.23 bits per heavy atom. The van der Waals surface area contributed by atoms with E-state index in [2.05, 4.69) is 25.8 Å². The van der Waals surface area contributed by atoms with Crippen molar-refractivity contribution in [3.8, 4) is 0 Å². The lowest BCUT2D eigenvalue weighted by Crippen LogP contribution is -2.39. The van der Waals surface area contributed by atoms with Gasteiger partial charge in [-0.2, -0.15) is 4.98 Å². The number of hydrogen-bond acceptors (Lipinski definition) is 4. The third-order valence-corrected chi connectivity index (χ3v) is 3.44. The molecule has 0 aliphatic rings. The van der Waals surface area contributed by atoms with Crippen LogP contribution in [-0.2, 0) is 12.8 Å². The summed E-state index contributed by atoms with van der Waals surface area (Å²) in [6, 6.07) is 7.84. The molecule has 6 nitrogen and oxygen atoms in total. The molecule has 0 bridgehead atoms. The second-order valence-electron chi connectivity index (χ2n) is 4.75. The summed E-state index contributed by atoms with van der Waals surface area (Å²) in [5.41, 5.74) is 1.12. The fourth-order valence-corrected chi connectivity index (χ4v) is 2.20. The topological polar surface area (TPSA) is 75.3 Å². The van der Waals surface area contributed by atoms with Crippen LogP contribution >= 0.6 is 11.6 Å². The number of halogens is 1. The first-order valence-electron chi connectivity index (χ1n) is 7.16. The predicted molar refractivity (Wildman–Crippen MR) is 87.3 cm³/mol. The number of hydrogen-bond donors (Lipinski definition) is 2. The zero-order chi connectivity index (χ0) is 15.8. The van der Waals surface area contributed by atoms with E-state index >= 15 is 0 Å². The first-order chi connectivity index (χ1) is 10.7. The zero-order valence-electron chi connectivity index (χ0n) is 12.8. The molecule has 1 aromatic carbocycles. The summed E-state index contributed by atoms with van der Waals surface area (Å²) < 4.78 is 5.06. The molecule has 0 amide bonds.